The average Bonchev–Trinajstić information content (AvgIpc) is 3.37. The summed E-state index contributed by atoms with van der Waals surface area (Å²) >= 11 is 0. The van der Waals surface area contributed by atoms with Gasteiger partial charge in [-0.3, -0.25) is 37.5 Å². The third-order valence-corrected chi connectivity index (χ3v) is 7.70. The Balaban J connectivity index is 1.93. The summed E-state index contributed by atoms with van der Waals surface area (Å²) in [4.78, 5) is 50.5. The van der Waals surface area contributed by atoms with Gasteiger partial charge in [0.1, 0.15) is 19.4 Å². The molecule has 0 saturated carbocycles. The van der Waals surface area contributed by atoms with Crippen LogP contribution in [0.5, 0.6) is 0 Å². The number of hydrogen-bond donors (Lipinski definition) is 1. The number of aryl methyl sites for hydroxylation is 1. The van der Waals surface area contributed by atoms with Gasteiger partial charge in [0.05, 0.1) is 12.7 Å². The van der Waals surface area contributed by atoms with Crippen LogP contribution in [0.1, 0.15) is 103 Å². The van der Waals surface area contributed by atoms with Crippen LogP contribution in [0.4, 0.5) is 0 Å². The number of carbonyl (C=O) groups is 2. The molecule has 0 spiro atoms. The maximum atomic E-state index is 13.3. The molecular weight excluding hydrogens is 515 g/mol. The van der Waals surface area contributed by atoms with Crippen LogP contribution in [-0.4, -0.2) is 47.0 Å². The first-order valence-electron chi connectivity index (χ1n) is 13.7. The lowest BCUT2D eigenvalue weighted by Gasteiger charge is -2.20. The lowest BCUT2D eigenvalue weighted by molar-refractivity contribution is -0.122. The molecule has 1 N–H and O–H groups in total. The number of phosphoric ester groups is 1. The van der Waals surface area contributed by atoms with E-state index >= 15 is 0 Å². The minimum absolute atomic E-state index is 0.180. The summed E-state index contributed by atoms with van der Waals surface area (Å²) in [5.41, 5.74) is -0.670. The average molecular weight is 559 g/mol. The largest absolute Gasteiger partial charge is 0.475 e. The van der Waals surface area contributed by atoms with Crippen molar-refractivity contribution in [2.75, 3.05) is 19.8 Å². The smallest absolute Gasteiger partial charge is 0.352 e. The lowest BCUT2D eigenvalue weighted by Crippen LogP contribution is -2.33. The maximum absolute atomic E-state index is 13.3. The minimum atomic E-state index is -4.22. The second-order valence-corrected chi connectivity index (χ2v) is 11.4. The summed E-state index contributed by atoms with van der Waals surface area (Å²) in [6.07, 6.45) is 9.31. The predicted octanol–water partition coefficient (Wildman–Crippen LogP) is 4.76. The number of carbonyl (C=O) groups excluding carboxylic acids is 2. The van der Waals surface area contributed by atoms with E-state index in [0.29, 0.717) is 31.2 Å². The van der Waals surface area contributed by atoms with Crippen molar-refractivity contribution < 1.29 is 32.5 Å². The normalized spacial score (nSPS) is 17.7. The first-order valence-corrected chi connectivity index (χ1v) is 15.2. The molecule has 2 rings (SSSR count). The SMILES string of the molecule is CCCCCCC(=O)COP(=O)(OCC(=O)CCCCCC)OC[C@@H]1CC[C@H](n2cc(C)c(=O)[nH]c2=O)O1. The number of aromatic amines is 1. The number of nitrogens with zero attached hydrogens (tertiary/aromatic N) is 1. The van der Waals surface area contributed by atoms with Gasteiger partial charge in [-0.05, 0) is 32.6 Å². The van der Waals surface area contributed by atoms with Gasteiger partial charge >= 0.3 is 13.5 Å². The van der Waals surface area contributed by atoms with Crippen LogP contribution in [0.25, 0.3) is 0 Å². The van der Waals surface area contributed by atoms with E-state index in [0.717, 1.165) is 51.4 Å². The minimum Gasteiger partial charge on any atom is -0.352 e. The quantitative estimate of drug-likeness (QED) is 0.177. The first-order chi connectivity index (χ1) is 18.2. The van der Waals surface area contributed by atoms with Crippen molar-refractivity contribution in [1.29, 1.82) is 0 Å². The summed E-state index contributed by atoms with van der Waals surface area (Å²) in [5.74, 6) is -0.436. The standard InChI is InChI=1S/C26H43N2O9P/c1-4-6-8-10-12-21(29)17-34-38(33,35-18-22(30)13-11-9-7-5-2)36-19-23-14-15-24(37-23)28-16-20(3)25(31)27-26(28)32/h16,23-24H,4-15,17-19H2,1-3H3,(H,27,31,32)/t23-,24+/m0/s1. The zero-order chi connectivity index (χ0) is 28.0. The van der Waals surface area contributed by atoms with Gasteiger partial charge in [-0.1, -0.05) is 52.4 Å². The van der Waals surface area contributed by atoms with E-state index in [4.69, 9.17) is 18.3 Å². The van der Waals surface area contributed by atoms with E-state index in [9.17, 15) is 23.7 Å². The molecule has 216 valence electrons. The van der Waals surface area contributed by atoms with Crippen molar-refractivity contribution >= 4 is 19.4 Å². The molecule has 1 aromatic heterocycles. The second-order valence-electron chi connectivity index (χ2n) is 9.76. The molecule has 0 amide bonds. The van der Waals surface area contributed by atoms with Gasteiger partial charge in [0.15, 0.2) is 11.6 Å². The van der Waals surface area contributed by atoms with E-state index < -0.39 is 44.6 Å². The molecule has 1 fully saturated rings. The highest BCUT2D eigenvalue weighted by atomic mass is 31.2. The van der Waals surface area contributed by atoms with Gasteiger partial charge in [0.2, 0.25) is 0 Å². The third kappa shape index (κ3) is 11.5. The summed E-state index contributed by atoms with van der Waals surface area (Å²) in [5, 5.41) is 0. The number of rotatable bonds is 20. The summed E-state index contributed by atoms with van der Waals surface area (Å²) in [6.45, 7) is 4.70. The molecule has 2 heterocycles. The molecule has 1 aliphatic heterocycles. The molecule has 0 aliphatic carbocycles. The molecule has 1 aromatic rings. The molecule has 2 atom stereocenters. The van der Waals surface area contributed by atoms with Crippen LogP contribution in [-0.2, 0) is 32.5 Å². The number of unbranched alkanes of at least 4 members (excludes halogenated alkanes) is 6. The second kappa shape index (κ2) is 16.9. The van der Waals surface area contributed by atoms with Crippen LogP contribution in [0, 0.1) is 6.92 Å². The summed E-state index contributed by atoms with van der Waals surface area (Å²) in [6, 6.07) is 0. The Labute approximate surface area is 224 Å². The monoisotopic (exact) mass is 558 g/mol. The van der Waals surface area contributed by atoms with Crippen LogP contribution in [0.2, 0.25) is 0 Å². The maximum Gasteiger partial charge on any atom is 0.475 e. The number of Topliss-reactive ketones (excluding diaryl/α,β-unsaturated/α-hetero) is 2. The van der Waals surface area contributed by atoms with Gasteiger partial charge < -0.3 is 4.74 Å². The predicted molar refractivity (Wildman–Crippen MR) is 142 cm³/mol. The lowest BCUT2D eigenvalue weighted by atomic mass is 10.1. The van der Waals surface area contributed by atoms with Crippen LogP contribution in [0.15, 0.2) is 15.8 Å². The van der Waals surface area contributed by atoms with Gasteiger partial charge in [-0.2, -0.15) is 0 Å². The van der Waals surface area contributed by atoms with Crippen LogP contribution < -0.4 is 11.2 Å². The molecule has 0 bridgehead atoms. The van der Waals surface area contributed by atoms with E-state index in [2.05, 4.69) is 18.8 Å². The van der Waals surface area contributed by atoms with Crippen molar-refractivity contribution in [2.24, 2.45) is 0 Å². The van der Waals surface area contributed by atoms with E-state index in [-0.39, 0.29) is 18.2 Å². The molecule has 0 unspecified atom stereocenters. The Hall–Kier alpha value is -1.91. The van der Waals surface area contributed by atoms with Crippen LogP contribution >= 0.6 is 7.82 Å². The van der Waals surface area contributed by atoms with Gasteiger partial charge in [0.25, 0.3) is 5.56 Å². The van der Waals surface area contributed by atoms with Gasteiger partial charge in [-0.15, -0.1) is 0 Å². The molecule has 38 heavy (non-hydrogen) atoms. The molecule has 12 heteroatoms. The number of ketones is 2. The highest BCUT2D eigenvalue weighted by Gasteiger charge is 2.34. The zero-order valence-electron chi connectivity index (χ0n) is 22.9. The van der Waals surface area contributed by atoms with E-state index in [1.165, 1.54) is 10.8 Å². The molecule has 0 radical (unpaired) electrons. The van der Waals surface area contributed by atoms with E-state index in [1.54, 1.807) is 6.92 Å². The van der Waals surface area contributed by atoms with Crippen molar-refractivity contribution in [1.82, 2.24) is 9.55 Å². The fourth-order valence-electron chi connectivity index (χ4n) is 4.04. The Morgan fingerprint density at radius 3 is 2.08 bits per heavy atom. The number of phosphoric acid groups is 1. The fourth-order valence-corrected chi connectivity index (χ4v) is 5.22. The Morgan fingerprint density at radius 1 is 0.947 bits per heavy atom. The number of ether oxygens (including phenoxy) is 1. The van der Waals surface area contributed by atoms with Crippen molar-refractivity contribution in [3.63, 3.8) is 0 Å². The zero-order valence-corrected chi connectivity index (χ0v) is 23.8. The number of nitrogens with one attached hydrogen (secondary N) is 1. The number of H-pyrrole nitrogens is 1. The molecular formula is C26H43N2O9P. The molecule has 1 aliphatic rings. The highest BCUT2D eigenvalue weighted by Crippen LogP contribution is 2.50. The Bertz CT molecular complexity index is 1020. The first kappa shape index (κ1) is 32.3. The topological polar surface area (TPSA) is 143 Å². The van der Waals surface area contributed by atoms with Crippen molar-refractivity contribution in [3.8, 4) is 0 Å². The molecule has 0 aromatic carbocycles. The Morgan fingerprint density at radius 2 is 1.53 bits per heavy atom. The third-order valence-electron chi connectivity index (χ3n) is 6.35. The van der Waals surface area contributed by atoms with Gasteiger partial charge in [0, 0.05) is 24.6 Å². The van der Waals surface area contributed by atoms with E-state index in [1.807, 2.05) is 0 Å². The molecule has 1 saturated heterocycles. The Kier molecular flexibility index (Phi) is 14.4. The summed E-state index contributed by atoms with van der Waals surface area (Å²) < 4.78 is 36.6. The summed E-state index contributed by atoms with van der Waals surface area (Å²) in [7, 11) is -4.22. The van der Waals surface area contributed by atoms with Crippen molar-refractivity contribution in [3.05, 3.63) is 32.6 Å². The van der Waals surface area contributed by atoms with Crippen molar-refractivity contribution in [2.45, 2.75) is 110 Å². The molecule has 11 nitrogen and oxygen atoms in total. The fraction of sp³-hybridized carbons (Fsp3) is 0.769. The number of aromatic nitrogens is 2. The van der Waals surface area contributed by atoms with Crippen LogP contribution in [0.3, 0.4) is 0 Å². The van der Waals surface area contributed by atoms with Gasteiger partial charge in [-0.25, -0.2) is 9.36 Å². The highest BCUT2D eigenvalue weighted by molar-refractivity contribution is 7.48. The number of hydrogen-bond acceptors (Lipinski definition) is 9.